The molecule has 4 nitrogen and oxygen atoms in total. The summed E-state index contributed by atoms with van der Waals surface area (Å²) in [5, 5.41) is 8.73. The van der Waals surface area contributed by atoms with Crippen molar-refractivity contribution >= 4 is 11.9 Å². The number of hydrogen-bond donors (Lipinski definition) is 1. The molecule has 14 heavy (non-hydrogen) atoms. The number of hydrogen-bond acceptors (Lipinski definition) is 3. The standard InChI is InChI=1S/C10H18O4/c1-3-8(10(12)13)6-5-7-9(11)14-4-2/h8H,3-7H2,1-2H3,(H,12,13). The van der Waals surface area contributed by atoms with Gasteiger partial charge in [-0.3, -0.25) is 9.59 Å². The SMILES string of the molecule is CCOC(=O)CCCC(CC)C(=O)O. The fourth-order valence-electron chi connectivity index (χ4n) is 1.23. The van der Waals surface area contributed by atoms with E-state index >= 15 is 0 Å². The van der Waals surface area contributed by atoms with E-state index in [-0.39, 0.29) is 11.9 Å². The first-order valence-corrected chi connectivity index (χ1v) is 5.00. The molecule has 0 aliphatic heterocycles. The van der Waals surface area contributed by atoms with Gasteiger partial charge in [0.25, 0.3) is 0 Å². The number of aliphatic carboxylic acids is 1. The van der Waals surface area contributed by atoms with Gasteiger partial charge < -0.3 is 9.84 Å². The van der Waals surface area contributed by atoms with Crippen molar-refractivity contribution in [1.29, 1.82) is 0 Å². The normalized spacial score (nSPS) is 12.1. The highest BCUT2D eigenvalue weighted by atomic mass is 16.5. The van der Waals surface area contributed by atoms with E-state index in [9.17, 15) is 9.59 Å². The lowest BCUT2D eigenvalue weighted by Crippen LogP contribution is -2.13. The van der Waals surface area contributed by atoms with Gasteiger partial charge in [-0.1, -0.05) is 6.92 Å². The average Bonchev–Trinajstić information content (AvgIpc) is 2.12. The molecule has 0 aromatic carbocycles. The van der Waals surface area contributed by atoms with Crippen LogP contribution in [0.5, 0.6) is 0 Å². The fraction of sp³-hybridized carbons (Fsp3) is 0.800. The summed E-state index contributed by atoms with van der Waals surface area (Å²) in [5.74, 6) is -1.35. The molecule has 4 heteroatoms. The lowest BCUT2D eigenvalue weighted by atomic mass is 10.00. The summed E-state index contributed by atoms with van der Waals surface area (Å²) in [4.78, 5) is 21.5. The van der Waals surface area contributed by atoms with Crippen molar-refractivity contribution in [1.82, 2.24) is 0 Å². The molecule has 0 aliphatic rings. The van der Waals surface area contributed by atoms with Crippen LogP contribution in [0.3, 0.4) is 0 Å². The highest BCUT2D eigenvalue weighted by Gasteiger charge is 2.14. The van der Waals surface area contributed by atoms with E-state index in [0.29, 0.717) is 32.3 Å². The predicted octanol–water partition coefficient (Wildman–Crippen LogP) is 1.83. The number of carboxylic acid groups (broad SMARTS) is 1. The highest BCUT2D eigenvalue weighted by Crippen LogP contribution is 2.12. The second-order valence-electron chi connectivity index (χ2n) is 3.14. The molecule has 82 valence electrons. The molecule has 0 heterocycles. The van der Waals surface area contributed by atoms with Gasteiger partial charge in [0.15, 0.2) is 0 Å². The third kappa shape index (κ3) is 5.56. The van der Waals surface area contributed by atoms with Gasteiger partial charge in [0.2, 0.25) is 0 Å². The van der Waals surface area contributed by atoms with Gasteiger partial charge in [-0.2, -0.15) is 0 Å². The first-order chi connectivity index (χ1) is 6.61. The van der Waals surface area contributed by atoms with Gasteiger partial charge in [-0.15, -0.1) is 0 Å². The van der Waals surface area contributed by atoms with E-state index in [0.717, 1.165) is 0 Å². The maximum atomic E-state index is 10.9. The van der Waals surface area contributed by atoms with Crippen LogP contribution in [0.25, 0.3) is 0 Å². The molecule has 1 N–H and O–H groups in total. The zero-order chi connectivity index (χ0) is 11.0. The molecular weight excluding hydrogens is 184 g/mol. The van der Waals surface area contributed by atoms with E-state index in [1.165, 1.54) is 0 Å². The predicted molar refractivity (Wildman–Crippen MR) is 51.9 cm³/mol. The van der Waals surface area contributed by atoms with E-state index in [1.54, 1.807) is 6.92 Å². The van der Waals surface area contributed by atoms with Gasteiger partial charge in [0.1, 0.15) is 0 Å². The van der Waals surface area contributed by atoms with Crippen LogP contribution in [0, 0.1) is 5.92 Å². The van der Waals surface area contributed by atoms with E-state index < -0.39 is 5.97 Å². The molecule has 1 unspecified atom stereocenters. The van der Waals surface area contributed by atoms with E-state index in [4.69, 9.17) is 9.84 Å². The van der Waals surface area contributed by atoms with Crippen molar-refractivity contribution < 1.29 is 19.4 Å². The summed E-state index contributed by atoms with van der Waals surface area (Å²) >= 11 is 0. The Morgan fingerprint density at radius 2 is 2.00 bits per heavy atom. The number of ether oxygens (including phenoxy) is 1. The van der Waals surface area contributed by atoms with Gasteiger partial charge >= 0.3 is 11.9 Å². The molecule has 0 aromatic rings. The summed E-state index contributed by atoms with van der Waals surface area (Å²) in [6.45, 7) is 3.97. The Morgan fingerprint density at radius 3 is 2.43 bits per heavy atom. The van der Waals surface area contributed by atoms with E-state index in [2.05, 4.69) is 0 Å². The molecule has 0 aliphatic carbocycles. The lowest BCUT2D eigenvalue weighted by molar-refractivity contribution is -0.145. The second-order valence-corrected chi connectivity index (χ2v) is 3.14. The Bertz CT molecular complexity index is 189. The topological polar surface area (TPSA) is 63.6 Å². The molecule has 0 saturated carbocycles. The maximum absolute atomic E-state index is 10.9. The molecule has 1 atom stereocenters. The van der Waals surface area contributed by atoms with Crippen molar-refractivity contribution in [3.63, 3.8) is 0 Å². The monoisotopic (exact) mass is 202 g/mol. The molecule has 0 saturated heterocycles. The number of carboxylic acids is 1. The zero-order valence-corrected chi connectivity index (χ0v) is 8.78. The van der Waals surface area contributed by atoms with Crippen molar-refractivity contribution in [3.8, 4) is 0 Å². The largest absolute Gasteiger partial charge is 0.481 e. The third-order valence-electron chi connectivity index (χ3n) is 2.08. The average molecular weight is 202 g/mol. The van der Waals surface area contributed by atoms with Crippen molar-refractivity contribution in [2.24, 2.45) is 5.92 Å². The Balaban J connectivity index is 3.61. The van der Waals surface area contributed by atoms with Crippen LogP contribution in [0.1, 0.15) is 39.5 Å². The Kier molecular flexibility index (Phi) is 6.80. The fourth-order valence-corrected chi connectivity index (χ4v) is 1.23. The first kappa shape index (κ1) is 12.9. The molecule has 0 spiro atoms. The van der Waals surface area contributed by atoms with Crippen molar-refractivity contribution in [3.05, 3.63) is 0 Å². The Morgan fingerprint density at radius 1 is 1.36 bits per heavy atom. The summed E-state index contributed by atoms with van der Waals surface area (Å²) in [5.41, 5.74) is 0. The summed E-state index contributed by atoms with van der Waals surface area (Å²) < 4.78 is 4.73. The summed E-state index contributed by atoms with van der Waals surface area (Å²) in [6.07, 6.45) is 2.06. The Hall–Kier alpha value is -1.06. The molecule has 0 radical (unpaired) electrons. The Labute approximate surface area is 84.3 Å². The minimum atomic E-state index is -0.781. The smallest absolute Gasteiger partial charge is 0.306 e. The zero-order valence-electron chi connectivity index (χ0n) is 8.78. The lowest BCUT2D eigenvalue weighted by Gasteiger charge is -2.08. The van der Waals surface area contributed by atoms with Gasteiger partial charge in [0, 0.05) is 6.42 Å². The molecular formula is C10H18O4. The second kappa shape index (κ2) is 7.35. The van der Waals surface area contributed by atoms with Crippen LogP contribution >= 0.6 is 0 Å². The number of carbonyl (C=O) groups is 2. The van der Waals surface area contributed by atoms with E-state index in [1.807, 2.05) is 6.92 Å². The molecule has 0 bridgehead atoms. The third-order valence-corrected chi connectivity index (χ3v) is 2.08. The summed E-state index contributed by atoms with van der Waals surface area (Å²) in [7, 11) is 0. The van der Waals surface area contributed by atoms with Crippen molar-refractivity contribution in [2.45, 2.75) is 39.5 Å². The van der Waals surface area contributed by atoms with Gasteiger partial charge in [0.05, 0.1) is 12.5 Å². The van der Waals surface area contributed by atoms with Crippen LogP contribution in [0.4, 0.5) is 0 Å². The quantitative estimate of drug-likeness (QED) is 0.640. The highest BCUT2D eigenvalue weighted by molar-refractivity contribution is 5.70. The molecule has 0 amide bonds. The number of rotatable bonds is 7. The van der Waals surface area contributed by atoms with Crippen LogP contribution in [-0.2, 0) is 14.3 Å². The minimum Gasteiger partial charge on any atom is -0.481 e. The number of esters is 1. The van der Waals surface area contributed by atoms with Crippen LogP contribution < -0.4 is 0 Å². The molecule has 0 rings (SSSR count). The number of carbonyl (C=O) groups excluding carboxylic acids is 1. The van der Waals surface area contributed by atoms with Crippen LogP contribution in [-0.4, -0.2) is 23.7 Å². The van der Waals surface area contributed by atoms with Crippen LogP contribution in [0.15, 0.2) is 0 Å². The van der Waals surface area contributed by atoms with Crippen LogP contribution in [0.2, 0.25) is 0 Å². The van der Waals surface area contributed by atoms with Gasteiger partial charge in [-0.05, 0) is 26.2 Å². The first-order valence-electron chi connectivity index (χ1n) is 5.00. The van der Waals surface area contributed by atoms with Gasteiger partial charge in [-0.25, -0.2) is 0 Å². The maximum Gasteiger partial charge on any atom is 0.306 e. The minimum absolute atomic E-state index is 0.243. The molecule has 0 fully saturated rings. The molecule has 0 aromatic heterocycles. The summed E-state index contributed by atoms with van der Waals surface area (Å²) in [6, 6.07) is 0. The van der Waals surface area contributed by atoms with Crippen molar-refractivity contribution in [2.75, 3.05) is 6.61 Å².